The maximum Gasteiger partial charge on any atom is 0.282 e. The first kappa shape index (κ1) is 12.3. The van der Waals surface area contributed by atoms with Crippen molar-refractivity contribution >= 4 is 10.2 Å². The van der Waals surface area contributed by atoms with Gasteiger partial charge in [0, 0.05) is 26.2 Å². The molecule has 5 nitrogen and oxygen atoms in total. The van der Waals surface area contributed by atoms with Gasteiger partial charge in [-0.05, 0) is 26.7 Å². The third-order valence-corrected chi connectivity index (χ3v) is 5.07. The lowest BCUT2D eigenvalue weighted by Gasteiger charge is -2.36. The van der Waals surface area contributed by atoms with Crippen LogP contribution in [-0.2, 0) is 14.9 Å². The molecule has 0 aromatic carbocycles. The fraction of sp³-hybridized carbons (Fsp3) is 1.00. The lowest BCUT2D eigenvalue weighted by atomic mass is 10.3. The number of nitrogens with zero attached hydrogens (tertiary/aromatic N) is 2. The van der Waals surface area contributed by atoms with Gasteiger partial charge in [-0.25, -0.2) is 0 Å². The van der Waals surface area contributed by atoms with Crippen LogP contribution >= 0.6 is 0 Å². The lowest BCUT2D eigenvalue weighted by molar-refractivity contribution is -0.0453. The molecule has 0 radical (unpaired) electrons. The third-order valence-electron chi connectivity index (χ3n) is 3.10. The Bertz CT molecular complexity index is 328. The van der Waals surface area contributed by atoms with Gasteiger partial charge in [-0.1, -0.05) is 0 Å². The van der Waals surface area contributed by atoms with E-state index in [-0.39, 0.29) is 12.2 Å². The monoisotopic (exact) mass is 248 g/mol. The number of rotatable bonds is 2. The Morgan fingerprint density at radius 1 is 1.00 bits per heavy atom. The van der Waals surface area contributed by atoms with Crippen LogP contribution in [0.25, 0.3) is 0 Å². The predicted octanol–water partition coefficient (Wildman–Crippen LogP) is 0.436. The molecule has 2 heterocycles. The highest BCUT2D eigenvalue weighted by atomic mass is 32.2. The van der Waals surface area contributed by atoms with Crippen molar-refractivity contribution in [3.8, 4) is 0 Å². The summed E-state index contributed by atoms with van der Waals surface area (Å²) in [5, 5.41) is 0. The molecule has 0 N–H and O–H groups in total. The minimum absolute atomic E-state index is 0.0128. The molecule has 2 saturated heterocycles. The van der Waals surface area contributed by atoms with E-state index in [1.807, 2.05) is 13.8 Å². The van der Waals surface area contributed by atoms with Crippen molar-refractivity contribution in [2.24, 2.45) is 0 Å². The van der Waals surface area contributed by atoms with Gasteiger partial charge in [0.15, 0.2) is 0 Å². The van der Waals surface area contributed by atoms with Crippen LogP contribution in [0.5, 0.6) is 0 Å². The van der Waals surface area contributed by atoms with Gasteiger partial charge in [-0.3, -0.25) is 0 Å². The normalized spacial score (nSPS) is 34.4. The van der Waals surface area contributed by atoms with E-state index >= 15 is 0 Å². The summed E-state index contributed by atoms with van der Waals surface area (Å²) >= 11 is 0. The molecule has 2 aliphatic heterocycles. The van der Waals surface area contributed by atoms with Crippen molar-refractivity contribution in [3.05, 3.63) is 0 Å². The summed E-state index contributed by atoms with van der Waals surface area (Å²) in [7, 11) is -3.24. The van der Waals surface area contributed by atoms with Gasteiger partial charge >= 0.3 is 0 Å². The summed E-state index contributed by atoms with van der Waals surface area (Å²) < 4.78 is 33.3. The smallest absolute Gasteiger partial charge is 0.282 e. The van der Waals surface area contributed by atoms with Crippen molar-refractivity contribution in [2.75, 3.05) is 26.2 Å². The molecular formula is C10H20N2O3S. The number of hydrogen-bond acceptors (Lipinski definition) is 3. The highest BCUT2D eigenvalue weighted by Gasteiger charge is 2.36. The fourth-order valence-electron chi connectivity index (χ4n) is 2.40. The summed E-state index contributed by atoms with van der Waals surface area (Å²) in [4.78, 5) is 0. The highest BCUT2D eigenvalue weighted by Crippen LogP contribution is 2.20. The largest absolute Gasteiger partial charge is 0.373 e. The van der Waals surface area contributed by atoms with Crippen LogP contribution in [-0.4, -0.2) is 55.4 Å². The van der Waals surface area contributed by atoms with Gasteiger partial charge in [0.2, 0.25) is 0 Å². The minimum atomic E-state index is -3.24. The average molecular weight is 248 g/mol. The molecule has 2 atom stereocenters. The van der Waals surface area contributed by atoms with Crippen molar-refractivity contribution in [1.29, 1.82) is 0 Å². The average Bonchev–Trinajstić information content (AvgIpc) is 2.69. The van der Waals surface area contributed by atoms with Crippen LogP contribution in [0.4, 0.5) is 0 Å². The Labute approximate surface area is 97.5 Å². The Balaban J connectivity index is 2.10. The molecule has 0 spiro atoms. The summed E-state index contributed by atoms with van der Waals surface area (Å²) in [5.41, 5.74) is 0. The molecule has 16 heavy (non-hydrogen) atoms. The molecule has 0 aromatic heterocycles. The molecule has 0 saturated carbocycles. The molecule has 2 fully saturated rings. The van der Waals surface area contributed by atoms with Crippen LogP contribution in [0.3, 0.4) is 0 Å². The van der Waals surface area contributed by atoms with Gasteiger partial charge in [0.25, 0.3) is 10.2 Å². The zero-order valence-corrected chi connectivity index (χ0v) is 10.7. The molecule has 2 rings (SSSR count). The van der Waals surface area contributed by atoms with E-state index in [1.165, 1.54) is 0 Å². The molecule has 0 aliphatic carbocycles. The van der Waals surface area contributed by atoms with Crippen molar-refractivity contribution in [2.45, 2.75) is 38.9 Å². The SMILES string of the molecule is C[C@@H]1CN(S(=O)(=O)N2CCCC2)C[C@@H](C)O1. The molecular weight excluding hydrogens is 228 g/mol. The van der Waals surface area contributed by atoms with E-state index in [0.29, 0.717) is 26.2 Å². The van der Waals surface area contributed by atoms with E-state index in [1.54, 1.807) is 8.61 Å². The van der Waals surface area contributed by atoms with E-state index < -0.39 is 10.2 Å². The first-order valence-corrected chi connectivity index (χ1v) is 7.30. The summed E-state index contributed by atoms with van der Waals surface area (Å²) in [6.07, 6.45) is 1.94. The van der Waals surface area contributed by atoms with Crippen LogP contribution < -0.4 is 0 Å². The highest BCUT2D eigenvalue weighted by molar-refractivity contribution is 7.86. The molecule has 0 aromatic rings. The second-order valence-electron chi connectivity index (χ2n) is 4.69. The fourth-order valence-corrected chi connectivity index (χ4v) is 4.24. The van der Waals surface area contributed by atoms with E-state index in [4.69, 9.17) is 4.74 Å². The van der Waals surface area contributed by atoms with Gasteiger partial charge in [0.05, 0.1) is 12.2 Å². The predicted molar refractivity (Wildman–Crippen MR) is 61.3 cm³/mol. The number of morpholine rings is 1. The van der Waals surface area contributed by atoms with Crippen molar-refractivity contribution < 1.29 is 13.2 Å². The van der Waals surface area contributed by atoms with Gasteiger partial charge in [-0.2, -0.15) is 17.0 Å². The van der Waals surface area contributed by atoms with E-state index in [2.05, 4.69) is 0 Å². The zero-order chi connectivity index (χ0) is 11.8. The third kappa shape index (κ3) is 2.40. The maximum absolute atomic E-state index is 12.3. The summed E-state index contributed by atoms with van der Waals surface area (Å²) in [6, 6.07) is 0. The lowest BCUT2D eigenvalue weighted by Crippen LogP contribution is -2.52. The van der Waals surface area contributed by atoms with Crippen molar-refractivity contribution in [1.82, 2.24) is 8.61 Å². The van der Waals surface area contributed by atoms with Crippen LogP contribution in [0.15, 0.2) is 0 Å². The molecule has 6 heteroatoms. The van der Waals surface area contributed by atoms with Gasteiger partial charge < -0.3 is 4.74 Å². The topological polar surface area (TPSA) is 49.9 Å². The second-order valence-corrected chi connectivity index (χ2v) is 6.62. The Morgan fingerprint density at radius 2 is 1.50 bits per heavy atom. The Kier molecular flexibility index (Phi) is 3.53. The maximum atomic E-state index is 12.3. The Hall–Kier alpha value is -0.170. The number of ether oxygens (including phenoxy) is 1. The Morgan fingerprint density at radius 3 is 2.00 bits per heavy atom. The van der Waals surface area contributed by atoms with Crippen molar-refractivity contribution in [3.63, 3.8) is 0 Å². The van der Waals surface area contributed by atoms with E-state index in [9.17, 15) is 8.42 Å². The first-order chi connectivity index (χ1) is 7.50. The standard InChI is InChI=1S/C10H20N2O3S/c1-9-7-12(8-10(2)15-9)16(13,14)11-5-3-4-6-11/h9-10H,3-8H2,1-2H3/t9-,10-/m1/s1. The molecule has 2 aliphatic rings. The first-order valence-electron chi connectivity index (χ1n) is 5.91. The van der Waals surface area contributed by atoms with Crippen LogP contribution in [0, 0.1) is 0 Å². The van der Waals surface area contributed by atoms with Gasteiger partial charge in [-0.15, -0.1) is 0 Å². The minimum Gasteiger partial charge on any atom is -0.373 e. The van der Waals surface area contributed by atoms with Crippen LogP contribution in [0.2, 0.25) is 0 Å². The van der Waals surface area contributed by atoms with E-state index in [0.717, 1.165) is 12.8 Å². The molecule has 94 valence electrons. The molecule has 0 amide bonds. The molecule has 0 unspecified atom stereocenters. The quantitative estimate of drug-likeness (QED) is 0.712. The molecule has 0 bridgehead atoms. The second kappa shape index (κ2) is 4.60. The summed E-state index contributed by atoms with van der Waals surface area (Å²) in [6.45, 7) is 6.13. The number of hydrogen-bond donors (Lipinski definition) is 0. The van der Waals surface area contributed by atoms with Gasteiger partial charge in [0.1, 0.15) is 0 Å². The van der Waals surface area contributed by atoms with Crippen LogP contribution in [0.1, 0.15) is 26.7 Å². The summed E-state index contributed by atoms with van der Waals surface area (Å²) in [5.74, 6) is 0. The zero-order valence-electron chi connectivity index (χ0n) is 9.92.